The molecule has 1 heterocycles. The number of rotatable bonds is 53. The fourth-order valence-electron chi connectivity index (χ4n) is 9.86. The van der Waals surface area contributed by atoms with Gasteiger partial charge >= 0.3 is 0 Å². The van der Waals surface area contributed by atoms with E-state index in [1.807, 2.05) is 0 Å². The van der Waals surface area contributed by atoms with Gasteiger partial charge in [-0.15, -0.1) is 0 Å². The zero-order valence-electron chi connectivity index (χ0n) is 46.9. The first kappa shape index (κ1) is 68.2. The number of hydrogen-bond acceptors (Lipinski definition) is 8. The molecule has 9 nitrogen and oxygen atoms in total. The monoisotopic (exact) mass is 1020 g/mol. The van der Waals surface area contributed by atoms with Gasteiger partial charge in [-0.1, -0.05) is 281 Å². The Morgan fingerprint density at radius 2 is 0.861 bits per heavy atom. The highest BCUT2D eigenvalue weighted by molar-refractivity contribution is 5.76. The zero-order valence-corrected chi connectivity index (χ0v) is 46.9. The van der Waals surface area contributed by atoms with E-state index in [2.05, 4.69) is 67.8 Å². The summed E-state index contributed by atoms with van der Waals surface area (Å²) in [7, 11) is 0. The van der Waals surface area contributed by atoms with E-state index < -0.39 is 49.5 Å². The predicted octanol–water partition coefficient (Wildman–Crippen LogP) is 15.7. The molecular formula is C63H117NO8. The lowest BCUT2D eigenvalue weighted by Crippen LogP contribution is -2.60. The highest BCUT2D eigenvalue weighted by Crippen LogP contribution is 2.23. The molecular weight excluding hydrogens is 899 g/mol. The molecule has 0 spiro atoms. The molecule has 7 unspecified atom stereocenters. The van der Waals surface area contributed by atoms with Crippen LogP contribution in [0.5, 0.6) is 0 Å². The van der Waals surface area contributed by atoms with Crippen LogP contribution in [-0.4, -0.2) is 87.5 Å². The van der Waals surface area contributed by atoms with E-state index in [1.54, 1.807) is 0 Å². The predicted molar refractivity (Wildman–Crippen MR) is 304 cm³/mol. The number of allylic oxidation sites excluding steroid dienone is 8. The molecule has 1 aliphatic heterocycles. The number of ether oxygens (including phenoxy) is 2. The van der Waals surface area contributed by atoms with Crippen molar-refractivity contribution in [2.45, 2.75) is 333 Å². The first-order chi connectivity index (χ1) is 35.3. The van der Waals surface area contributed by atoms with Gasteiger partial charge in [0.2, 0.25) is 5.91 Å². The van der Waals surface area contributed by atoms with E-state index in [-0.39, 0.29) is 12.5 Å². The maximum Gasteiger partial charge on any atom is 0.220 e. The standard InChI is InChI=1S/C63H117NO8/c1-3-5-7-9-11-13-15-17-19-21-23-25-27-28-29-30-31-33-35-37-39-41-43-45-47-49-51-53-59(67)64-56(55-71-63-62(70)61(69)60(68)58(54-65)72-63)57(66)52-50-48-46-44-42-40-38-36-34-32-26-24-22-20-18-16-14-12-10-8-6-4-2/h5,7,11,13,17,19,23,25,56-58,60-63,65-66,68-70H,3-4,6,8-10,12,14-16,18,20-22,24,26-55H2,1-2H3,(H,64,67)/b7-5-,13-11-,19-17-,25-23-. The van der Waals surface area contributed by atoms with Gasteiger partial charge in [0.15, 0.2) is 6.29 Å². The highest BCUT2D eigenvalue weighted by atomic mass is 16.7. The molecule has 422 valence electrons. The van der Waals surface area contributed by atoms with Gasteiger partial charge in [-0.25, -0.2) is 0 Å². The third-order valence-electron chi connectivity index (χ3n) is 14.7. The van der Waals surface area contributed by atoms with Crippen molar-refractivity contribution >= 4 is 5.91 Å². The van der Waals surface area contributed by atoms with E-state index in [9.17, 15) is 30.3 Å². The van der Waals surface area contributed by atoms with Gasteiger partial charge < -0.3 is 40.3 Å². The molecule has 0 aromatic heterocycles. The van der Waals surface area contributed by atoms with Crippen LogP contribution in [0.4, 0.5) is 0 Å². The lowest BCUT2D eigenvalue weighted by atomic mass is 9.99. The summed E-state index contributed by atoms with van der Waals surface area (Å²) in [5.74, 6) is -0.142. The fraction of sp³-hybridized carbons (Fsp3) is 0.857. The molecule has 0 bridgehead atoms. The van der Waals surface area contributed by atoms with Gasteiger partial charge in [-0.3, -0.25) is 4.79 Å². The highest BCUT2D eigenvalue weighted by Gasteiger charge is 2.44. The Balaban J connectivity index is 2.17. The minimum atomic E-state index is -1.55. The second-order valence-electron chi connectivity index (χ2n) is 21.5. The first-order valence-corrected chi connectivity index (χ1v) is 30.8. The number of aliphatic hydroxyl groups excluding tert-OH is 5. The molecule has 0 aromatic rings. The average molecular weight is 1020 g/mol. The van der Waals surface area contributed by atoms with E-state index in [1.165, 1.54) is 199 Å². The minimum absolute atomic E-state index is 0.137. The molecule has 72 heavy (non-hydrogen) atoms. The Bertz CT molecular complexity index is 1270. The summed E-state index contributed by atoms with van der Waals surface area (Å²) in [6, 6.07) is -0.721. The summed E-state index contributed by atoms with van der Waals surface area (Å²) >= 11 is 0. The number of carbonyl (C=O) groups excluding carboxylic acids is 1. The van der Waals surface area contributed by atoms with E-state index in [4.69, 9.17) is 9.47 Å². The largest absolute Gasteiger partial charge is 0.394 e. The van der Waals surface area contributed by atoms with Gasteiger partial charge in [-0.05, 0) is 51.4 Å². The molecule has 0 aliphatic carbocycles. The molecule has 0 saturated carbocycles. The van der Waals surface area contributed by atoms with Crippen molar-refractivity contribution in [3.63, 3.8) is 0 Å². The number of aliphatic hydroxyl groups is 5. The maximum absolute atomic E-state index is 13.1. The summed E-state index contributed by atoms with van der Waals surface area (Å²) in [6.07, 6.45) is 62.9. The number of carbonyl (C=O) groups is 1. The van der Waals surface area contributed by atoms with E-state index >= 15 is 0 Å². The van der Waals surface area contributed by atoms with Crippen LogP contribution in [0, 0.1) is 0 Å². The van der Waals surface area contributed by atoms with Gasteiger partial charge in [0, 0.05) is 6.42 Å². The molecule has 7 atom stereocenters. The van der Waals surface area contributed by atoms with Crippen molar-refractivity contribution in [1.29, 1.82) is 0 Å². The van der Waals surface area contributed by atoms with Crippen LogP contribution >= 0.6 is 0 Å². The van der Waals surface area contributed by atoms with Gasteiger partial charge in [0.1, 0.15) is 24.4 Å². The maximum atomic E-state index is 13.1. The number of amides is 1. The van der Waals surface area contributed by atoms with Gasteiger partial charge in [0.25, 0.3) is 0 Å². The van der Waals surface area contributed by atoms with Crippen molar-refractivity contribution in [2.24, 2.45) is 0 Å². The Morgan fingerprint density at radius 3 is 1.28 bits per heavy atom. The van der Waals surface area contributed by atoms with Crippen LogP contribution in [0.3, 0.4) is 0 Å². The number of nitrogens with one attached hydrogen (secondary N) is 1. The lowest BCUT2D eigenvalue weighted by molar-refractivity contribution is -0.302. The zero-order chi connectivity index (χ0) is 52.2. The summed E-state index contributed by atoms with van der Waals surface area (Å²) in [5, 5.41) is 54.8. The van der Waals surface area contributed by atoms with Crippen molar-refractivity contribution in [2.75, 3.05) is 13.2 Å². The summed E-state index contributed by atoms with van der Waals surface area (Å²) in [6.45, 7) is 3.76. The van der Waals surface area contributed by atoms with Crippen LogP contribution in [0.1, 0.15) is 290 Å². The average Bonchev–Trinajstić information content (AvgIpc) is 3.38. The molecule has 6 N–H and O–H groups in total. The van der Waals surface area contributed by atoms with Crippen molar-refractivity contribution in [3.05, 3.63) is 48.6 Å². The Kier molecular flexibility index (Phi) is 49.8. The van der Waals surface area contributed by atoms with E-state index in [0.29, 0.717) is 12.8 Å². The Morgan fingerprint density at radius 1 is 0.486 bits per heavy atom. The summed E-state index contributed by atoms with van der Waals surface area (Å²) in [5.41, 5.74) is 0. The molecule has 0 radical (unpaired) electrons. The second-order valence-corrected chi connectivity index (χ2v) is 21.5. The summed E-state index contributed by atoms with van der Waals surface area (Å²) < 4.78 is 11.3. The summed E-state index contributed by atoms with van der Waals surface area (Å²) in [4.78, 5) is 13.1. The fourth-order valence-corrected chi connectivity index (χ4v) is 9.86. The molecule has 0 aromatic carbocycles. The Hall–Kier alpha value is -1.85. The van der Waals surface area contributed by atoms with Gasteiger partial charge in [0.05, 0.1) is 25.4 Å². The molecule has 1 saturated heterocycles. The third kappa shape index (κ3) is 41.4. The van der Waals surface area contributed by atoms with E-state index in [0.717, 1.165) is 64.2 Å². The van der Waals surface area contributed by atoms with Gasteiger partial charge in [-0.2, -0.15) is 0 Å². The van der Waals surface area contributed by atoms with Crippen LogP contribution in [0.2, 0.25) is 0 Å². The van der Waals surface area contributed by atoms with Crippen LogP contribution in [-0.2, 0) is 14.3 Å². The second kappa shape index (κ2) is 52.6. The van der Waals surface area contributed by atoms with Crippen molar-refractivity contribution < 1.29 is 39.8 Å². The van der Waals surface area contributed by atoms with Crippen molar-refractivity contribution in [3.8, 4) is 0 Å². The molecule has 1 aliphatic rings. The number of unbranched alkanes of at least 4 members (excludes halogenated alkanes) is 35. The SMILES string of the molecule is CC/C=C\C/C=C\C/C=C\C/C=C\CCCCCCCCCCCCCCCCC(=O)NC(COC1OC(CO)C(O)C(O)C1O)C(O)CCCCCCCCCCCCCCCCCCCCCCCC. The third-order valence-corrected chi connectivity index (χ3v) is 14.7. The normalized spacial score (nSPS) is 19.5. The number of hydrogen-bond donors (Lipinski definition) is 6. The minimum Gasteiger partial charge on any atom is -0.394 e. The molecule has 1 amide bonds. The molecule has 1 rings (SSSR count). The van der Waals surface area contributed by atoms with Crippen LogP contribution in [0.25, 0.3) is 0 Å². The van der Waals surface area contributed by atoms with Crippen LogP contribution < -0.4 is 5.32 Å². The van der Waals surface area contributed by atoms with Crippen molar-refractivity contribution in [1.82, 2.24) is 5.32 Å². The van der Waals surface area contributed by atoms with Crippen LogP contribution in [0.15, 0.2) is 48.6 Å². The smallest absolute Gasteiger partial charge is 0.220 e. The Labute approximate surface area is 444 Å². The molecule has 9 heteroatoms. The quantitative estimate of drug-likeness (QED) is 0.0261. The lowest BCUT2D eigenvalue weighted by Gasteiger charge is -2.40. The molecule has 1 fully saturated rings. The first-order valence-electron chi connectivity index (χ1n) is 30.8. The topological polar surface area (TPSA) is 149 Å².